The number of benzene rings is 2. The standard InChI is InChI=1S/C21H24O6Si/c1-24-28(25-2,26-3)12-6-11-27-14-15-9-10-18-19(13-15)21(23)17-8-5-4-7-16(17)20(18)22/h4-5,7-10,13H,6,11-12,14H2,1-3H3. The quantitative estimate of drug-likeness (QED) is 0.406. The number of hydrogen-bond acceptors (Lipinski definition) is 6. The van der Waals surface area contributed by atoms with Crippen molar-refractivity contribution in [1.82, 2.24) is 0 Å². The molecular formula is C21H24O6Si. The van der Waals surface area contributed by atoms with Crippen molar-refractivity contribution in [3.05, 3.63) is 70.3 Å². The highest BCUT2D eigenvalue weighted by Gasteiger charge is 2.36. The minimum atomic E-state index is -2.58. The van der Waals surface area contributed by atoms with Crippen molar-refractivity contribution >= 4 is 20.4 Å². The molecule has 0 fully saturated rings. The summed E-state index contributed by atoms with van der Waals surface area (Å²) in [5.41, 5.74) is 2.66. The first-order chi connectivity index (χ1) is 13.5. The van der Waals surface area contributed by atoms with Gasteiger partial charge in [-0.3, -0.25) is 9.59 Å². The Labute approximate surface area is 165 Å². The number of carbonyl (C=O) groups is 2. The topological polar surface area (TPSA) is 71.1 Å². The Balaban J connectivity index is 1.62. The predicted octanol–water partition coefficient (Wildman–Crippen LogP) is 3.25. The normalized spacial score (nSPS) is 13.4. The zero-order chi connectivity index (χ0) is 20.1. The fraction of sp³-hybridized carbons (Fsp3) is 0.333. The van der Waals surface area contributed by atoms with Crippen LogP contribution in [0.25, 0.3) is 0 Å². The second-order valence-electron chi connectivity index (χ2n) is 6.54. The van der Waals surface area contributed by atoms with Gasteiger partial charge in [0.1, 0.15) is 0 Å². The van der Waals surface area contributed by atoms with Crippen molar-refractivity contribution < 1.29 is 27.6 Å². The van der Waals surface area contributed by atoms with E-state index in [1.54, 1.807) is 57.7 Å². The van der Waals surface area contributed by atoms with Gasteiger partial charge in [-0.15, -0.1) is 0 Å². The zero-order valence-corrected chi connectivity index (χ0v) is 17.3. The summed E-state index contributed by atoms with van der Waals surface area (Å²) < 4.78 is 21.9. The highest BCUT2D eigenvalue weighted by molar-refractivity contribution is 6.60. The average Bonchev–Trinajstić information content (AvgIpc) is 2.75. The maximum absolute atomic E-state index is 12.8. The summed E-state index contributed by atoms with van der Waals surface area (Å²) in [6.45, 7) is 0.871. The highest BCUT2D eigenvalue weighted by atomic mass is 28.4. The fourth-order valence-corrected chi connectivity index (χ4v) is 5.06. The SMILES string of the molecule is CO[Si](CCCOCc1ccc2c(c1)C(=O)c1ccccc1C2=O)(OC)OC. The Hall–Kier alpha value is -2.16. The van der Waals surface area contributed by atoms with E-state index in [-0.39, 0.29) is 11.6 Å². The molecule has 0 spiro atoms. The van der Waals surface area contributed by atoms with Gasteiger partial charge in [0.05, 0.1) is 6.61 Å². The first-order valence-electron chi connectivity index (χ1n) is 9.10. The number of ketones is 2. The molecule has 6 nitrogen and oxygen atoms in total. The molecule has 0 saturated heterocycles. The summed E-state index contributed by atoms with van der Waals surface area (Å²) in [7, 11) is 2.18. The second-order valence-corrected chi connectivity index (χ2v) is 9.63. The summed E-state index contributed by atoms with van der Waals surface area (Å²) in [5.74, 6) is -0.235. The van der Waals surface area contributed by atoms with Crippen LogP contribution in [0.3, 0.4) is 0 Å². The van der Waals surface area contributed by atoms with E-state index in [2.05, 4.69) is 0 Å². The summed E-state index contributed by atoms with van der Waals surface area (Å²) >= 11 is 0. The summed E-state index contributed by atoms with van der Waals surface area (Å²) in [6.07, 6.45) is 0.734. The van der Waals surface area contributed by atoms with Crippen molar-refractivity contribution in [3.63, 3.8) is 0 Å². The second kappa shape index (κ2) is 8.89. The van der Waals surface area contributed by atoms with Gasteiger partial charge in [-0.1, -0.05) is 30.3 Å². The van der Waals surface area contributed by atoms with Crippen molar-refractivity contribution in [2.75, 3.05) is 27.9 Å². The molecular weight excluding hydrogens is 376 g/mol. The van der Waals surface area contributed by atoms with E-state index in [9.17, 15) is 9.59 Å². The van der Waals surface area contributed by atoms with Crippen molar-refractivity contribution in [2.45, 2.75) is 19.1 Å². The Morgan fingerprint density at radius 3 is 1.96 bits per heavy atom. The average molecular weight is 401 g/mol. The minimum Gasteiger partial charge on any atom is -0.377 e. The maximum atomic E-state index is 12.8. The number of rotatable bonds is 9. The summed E-state index contributed by atoms with van der Waals surface area (Å²) in [6, 6.07) is 12.9. The Morgan fingerprint density at radius 1 is 0.786 bits per heavy atom. The highest BCUT2D eigenvalue weighted by Crippen LogP contribution is 2.28. The lowest BCUT2D eigenvalue weighted by molar-refractivity contribution is 0.0975. The van der Waals surface area contributed by atoms with Crippen LogP contribution in [0.1, 0.15) is 43.8 Å². The van der Waals surface area contributed by atoms with Gasteiger partial charge in [0.25, 0.3) is 0 Å². The van der Waals surface area contributed by atoms with Crippen LogP contribution in [0.5, 0.6) is 0 Å². The molecule has 0 aromatic heterocycles. The van der Waals surface area contributed by atoms with Crippen LogP contribution < -0.4 is 0 Å². The fourth-order valence-electron chi connectivity index (χ4n) is 3.37. The van der Waals surface area contributed by atoms with E-state index in [1.807, 2.05) is 6.07 Å². The van der Waals surface area contributed by atoms with E-state index in [4.69, 9.17) is 18.0 Å². The van der Waals surface area contributed by atoms with Gasteiger partial charge in [0.2, 0.25) is 0 Å². The molecule has 0 atom stereocenters. The molecule has 0 heterocycles. The van der Waals surface area contributed by atoms with Gasteiger partial charge >= 0.3 is 8.80 Å². The molecule has 3 rings (SSSR count). The van der Waals surface area contributed by atoms with Gasteiger partial charge in [0.15, 0.2) is 11.6 Å². The lowest BCUT2D eigenvalue weighted by Crippen LogP contribution is -2.42. The van der Waals surface area contributed by atoms with Crippen molar-refractivity contribution in [2.24, 2.45) is 0 Å². The minimum absolute atomic E-state index is 0.113. The van der Waals surface area contributed by atoms with Crippen LogP contribution in [0, 0.1) is 0 Å². The molecule has 0 unspecified atom stereocenters. The Morgan fingerprint density at radius 2 is 1.36 bits per heavy atom. The van der Waals surface area contributed by atoms with Crippen LogP contribution in [0.2, 0.25) is 6.04 Å². The molecule has 1 aliphatic rings. The first kappa shape index (κ1) is 20.6. The number of fused-ring (bicyclic) bond motifs is 2. The predicted molar refractivity (Wildman–Crippen MR) is 106 cm³/mol. The molecule has 0 N–H and O–H groups in total. The third-order valence-electron chi connectivity index (χ3n) is 4.96. The van der Waals surface area contributed by atoms with Crippen LogP contribution in [-0.2, 0) is 24.6 Å². The van der Waals surface area contributed by atoms with E-state index in [0.29, 0.717) is 41.5 Å². The number of carbonyl (C=O) groups excluding carboxylic acids is 2. The molecule has 0 aliphatic heterocycles. The van der Waals surface area contributed by atoms with E-state index in [1.165, 1.54) is 0 Å². The van der Waals surface area contributed by atoms with E-state index in [0.717, 1.165) is 12.0 Å². The first-order valence-corrected chi connectivity index (χ1v) is 11.0. The zero-order valence-electron chi connectivity index (χ0n) is 16.3. The van der Waals surface area contributed by atoms with Gasteiger partial charge in [-0.05, 0) is 24.1 Å². The van der Waals surface area contributed by atoms with Crippen molar-refractivity contribution in [1.29, 1.82) is 0 Å². The van der Waals surface area contributed by atoms with Crippen molar-refractivity contribution in [3.8, 4) is 0 Å². The largest absolute Gasteiger partial charge is 0.500 e. The molecule has 28 heavy (non-hydrogen) atoms. The third-order valence-corrected chi connectivity index (χ3v) is 7.79. The third kappa shape index (κ3) is 3.99. The molecule has 0 amide bonds. The summed E-state index contributed by atoms with van der Waals surface area (Å²) in [4.78, 5) is 25.4. The number of ether oxygens (including phenoxy) is 1. The van der Waals surface area contributed by atoms with E-state index >= 15 is 0 Å². The molecule has 148 valence electrons. The molecule has 0 bridgehead atoms. The van der Waals surface area contributed by atoms with Crippen LogP contribution >= 0.6 is 0 Å². The molecule has 0 radical (unpaired) electrons. The molecule has 7 heteroatoms. The van der Waals surface area contributed by atoms with Crippen LogP contribution in [0.15, 0.2) is 42.5 Å². The lowest BCUT2D eigenvalue weighted by atomic mass is 9.83. The van der Waals surface area contributed by atoms with E-state index < -0.39 is 8.80 Å². The smallest absolute Gasteiger partial charge is 0.377 e. The van der Waals surface area contributed by atoms with Gasteiger partial charge < -0.3 is 18.0 Å². The molecule has 2 aromatic rings. The van der Waals surface area contributed by atoms with Crippen LogP contribution in [-0.4, -0.2) is 48.3 Å². The molecule has 1 aliphatic carbocycles. The van der Waals surface area contributed by atoms with Gasteiger partial charge in [0, 0.05) is 56.2 Å². The Kier molecular flexibility index (Phi) is 6.53. The van der Waals surface area contributed by atoms with Crippen LogP contribution in [0.4, 0.5) is 0 Å². The molecule has 0 saturated carbocycles. The lowest BCUT2D eigenvalue weighted by Gasteiger charge is -2.24. The molecule has 2 aromatic carbocycles. The number of hydrogen-bond donors (Lipinski definition) is 0. The monoisotopic (exact) mass is 400 g/mol. The van der Waals surface area contributed by atoms with Gasteiger partial charge in [-0.2, -0.15) is 0 Å². The summed E-state index contributed by atoms with van der Waals surface area (Å²) in [5, 5.41) is 0. The van der Waals surface area contributed by atoms with Gasteiger partial charge in [-0.25, -0.2) is 0 Å². The maximum Gasteiger partial charge on any atom is 0.500 e. The Bertz CT molecular complexity index is 867.